The van der Waals surface area contributed by atoms with Crippen molar-refractivity contribution in [2.45, 2.75) is 64.9 Å². The number of amides is 1. The molecule has 2 aliphatic rings. The largest absolute Gasteiger partial charge is 0.431 e. The third kappa shape index (κ3) is 5.00. The van der Waals surface area contributed by atoms with Gasteiger partial charge in [-0.1, -0.05) is 13.8 Å². The van der Waals surface area contributed by atoms with Gasteiger partial charge in [0.1, 0.15) is 15.6 Å². The first-order valence-electron chi connectivity index (χ1n) is 11.9. The number of ether oxygens (including phenoxy) is 1. The van der Waals surface area contributed by atoms with Crippen LogP contribution in [0.4, 0.5) is 20.2 Å². The zero-order chi connectivity index (χ0) is 26.5. The molecule has 1 fully saturated rings. The monoisotopic (exact) mass is 520 g/mol. The van der Waals surface area contributed by atoms with Crippen molar-refractivity contribution in [3.05, 3.63) is 47.8 Å². The highest BCUT2D eigenvalue weighted by molar-refractivity contribution is 7.91. The van der Waals surface area contributed by atoms with Crippen molar-refractivity contribution in [3.8, 4) is 5.75 Å². The van der Waals surface area contributed by atoms with Gasteiger partial charge in [0, 0.05) is 24.5 Å². The van der Waals surface area contributed by atoms with Gasteiger partial charge in [-0.3, -0.25) is 19.5 Å². The van der Waals surface area contributed by atoms with Gasteiger partial charge in [-0.2, -0.15) is 8.78 Å². The van der Waals surface area contributed by atoms with Gasteiger partial charge in [0.05, 0.1) is 40.7 Å². The lowest BCUT2D eigenvalue weighted by Gasteiger charge is -2.32. The zero-order valence-corrected chi connectivity index (χ0v) is 21.6. The molecule has 0 spiro atoms. The van der Waals surface area contributed by atoms with Crippen molar-refractivity contribution >= 4 is 32.9 Å². The van der Waals surface area contributed by atoms with Gasteiger partial charge >= 0.3 is 6.11 Å². The van der Waals surface area contributed by atoms with Crippen LogP contribution in [0, 0.1) is 5.41 Å². The summed E-state index contributed by atoms with van der Waals surface area (Å²) in [6.45, 7) is 6.73. The normalized spacial score (nSPS) is 20.2. The van der Waals surface area contributed by atoms with Crippen molar-refractivity contribution in [2.24, 2.45) is 5.41 Å². The first kappa shape index (κ1) is 26.2. The Kier molecular flexibility index (Phi) is 6.47. The summed E-state index contributed by atoms with van der Waals surface area (Å²) in [6, 6.07) is 6.37. The van der Waals surface area contributed by atoms with E-state index in [2.05, 4.69) is 4.98 Å². The van der Waals surface area contributed by atoms with E-state index in [1.165, 1.54) is 30.3 Å². The Bertz CT molecular complexity index is 1310. The van der Waals surface area contributed by atoms with Crippen LogP contribution in [-0.2, 0) is 20.0 Å². The lowest BCUT2D eigenvalue weighted by molar-refractivity contribution is -0.177. The molecular formula is C26H30F2N2O5S. The molecule has 0 N–H and O–H groups in total. The van der Waals surface area contributed by atoms with E-state index in [-0.39, 0.29) is 41.1 Å². The molecular weight excluding hydrogens is 490 g/mol. The minimum Gasteiger partial charge on any atom is -0.431 e. The Hall–Kier alpha value is -2.88. The second-order valence-corrected chi connectivity index (χ2v) is 12.8. The summed E-state index contributed by atoms with van der Waals surface area (Å²) in [5.74, 6) is -0.391. The van der Waals surface area contributed by atoms with Crippen LogP contribution in [0.3, 0.4) is 0 Å². The predicted molar refractivity (Wildman–Crippen MR) is 132 cm³/mol. The lowest BCUT2D eigenvalue weighted by atomic mass is 9.78. The summed E-state index contributed by atoms with van der Waals surface area (Å²) in [5, 5.41) is 0. The number of alkyl halides is 2. The van der Waals surface area contributed by atoms with Crippen LogP contribution < -0.4 is 9.64 Å². The number of aromatic nitrogens is 1. The third-order valence-electron chi connectivity index (χ3n) is 7.23. The van der Waals surface area contributed by atoms with Crippen molar-refractivity contribution < 1.29 is 31.5 Å². The molecule has 1 saturated heterocycles. The molecule has 3 heterocycles. The Morgan fingerprint density at radius 3 is 2.44 bits per heavy atom. The van der Waals surface area contributed by atoms with E-state index in [9.17, 15) is 26.8 Å². The number of pyridine rings is 1. The predicted octanol–water partition coefficient (Wildman–Crippen LogP) is 5.21. The minimum absolute atomic E-state index is 0.0818. The molecule has 4 rings (SSSR count). The Balaban J connectivity index is 1.63. The number of carbonyl (C=O) groups excluding carboxylic acids is 2. The van der Waals surface area contributed by atoms with Crippen molar-refractivity contribution in [1.82, 2.24) is 4.98 Å². The highest BCUT2D eigenvalue weighted by atomic mass is 32.2. The topological polar surface area (TPSA) is 93.6 Å². The van der Waals surface area contributed by atoms with E-state index in [1.54, 1.807) is 32.0 Å². The van der Waals surface area contributed by atoms with Crippen LogP contribution in [0.5, 0.6) is 5.75 Å². The summed E-state index contributed by atoms with van der Waals surface area (Å²) in [7, 11) is -3.04. The fourth-order valence-corrected chi connectivity index (χ4v) is 6.50. The van der Waals surface area contributed by atoms with Crippen LogP contribution >= 0.6 is 0 Å². The van der Waals surface area contributed by atoms with Crippen LogP contribution in [0.25, 0.3) is 0 Å². The lowest BCUT2D eigenvalue weighted by Crippen LogP contribution is -2.33. The fourth-order valence-electron chi connectivity index (χ4n) is 4.69. The van der Waals surface area contributed by atoms with Gasteiger partial charge in [-0.25, -0.2) is 8.42 Å². The van der Waals surface area contributed by atoms with E-state index >= 15 is 0 Å². The summed E-state index contributed by atoms with van der Waals surface area (Å²) in [6.07, 6.45) is -0.217. The van der Waals surface area contributed by atoms with Gasteiger partial charge in [-0.05, 0) is 55.9 Å². The molecule has 0 aliphatic carbocycles. The first-order valence-corrected chi connectivity index (χ1v) is 13.7. The molecule has 1 aromatic carbocycles. The number of carbonyl (C=O) groups is 2. The number of benzene rings is 1. The Morgan fingerprint density at radius 1 is 1.14 bits per heavy atom. The number of anilines is 2. The molecule has 10 heteroatoms. The van der Waals surface area contributed by atoms with E-state index in [1.807, 2.05) is 6.92 Å². The number of hydrogen-bond donors (Lipinski definition) is 0. The van der Waals surface area contributed by atoms with Gasteiger partial charge < -0.3 is 4.74 Å². The average Bonchev–Trinajstić information content (AvgIpc) is 3.01. The van der Waals surface area contributed by atoms with Crippen LogP contribution in [-0.4, -0.2) is 42.7 Å². The van der Waals surface area contributed by atoms with Gasteiger partial charge in [0.15, 0.2) is 5.78 Å². The molecule has 1 amide bonds. The molecule has 1 aromatic heterocycles. The number of sulfone groups is 1. The summed E-state index contributed by atoms with van der Waals surface area (Å²) in [4.78, 5) is 32.0. The number of fused-ring (bicyclic) bond motifs is 1. The van der Waals surface area contributed by atoms with Crippen molar-refractivity contribution in [1.29, 1.82) is 0 Å². The molecule has 0 saturated carbocycles. The zero-order valence-electron chi connectivity index (χ0n) is 20.8. The third-order valence-corrected chi connectivity index (χ3v) is 8.88. The highest BCUT2D eigenvalue weighted by Gasteiger charge is 2.45. The minimum atomic E-state index is -3.36. The maximum absolute atomic E-state index is 13.7. The molecule has 7 nitrogen and oxygen atoms in total. The number of hydrogen-bond acceptors (Lipinski definition) is 6. The molecule has 194 valence electrons. The second kappa shape index (κ2) is 8.90. The standard InChI is InChI=1S/C26H30F2N2O5S/c1-5-26(27,28)35-19-13-18(15-29-16-19)30-21-7-6-17(12-20(21)24(2,3)23(30)32)22(31)14-25(4)8-10-36(33,34)11-9-25/h6-7,12-13,15-16H,5,8-11,14H2,1-4H3. The van der Waals surface area contributed by atoms with E-state index < -0.39 is 33.2 Å². The van der Waals surface area contributed by atoms with E-state index in [0.717, 1.165) is 0 Å². The van der Waals surface area contributed by atoms with Crippen LogP contribution in [0.1, 0.15) is 69.3 Å². The summed E-state index contributed by atoms with van der Waals surface area (Å²) < 4.78 is 55.9. The maximum Gasteiger partial charge on any atom is 0.397 e. The molecule has 2 aliphatic heterocycles. The smallest absolute Gasteiger partial charge is 0.397 e. The maximum atomic E-state index is 13.7. The molecule has 0 bridgehead atoms. The number of Topliss-reactive ketones (excluding diaryl/α,β-unsaturated/α-hetero) is 1. The quantitative estimate of drug-likeness (QED) is 0.466. The molecule has 2 aromatic rings. The molecule has 0 unspecified atom stereocenters. The molecule has 36 heavy (non-hydrogen) atoms. The summed E-state index contributed by atoms with van der Waals surface area (Å²) in [5.41, 5.74) is 0.539. The molecule has 0 radical (unpaired) electrons. The van der Waals surface area contributed by atoms with Gasteiger partial charge in [0.25, 0.3) is 0 Å². The molecule has 0 atom stereocenters. The number of rotatable bonds is 7. The SMILES string of the molecule is CCC(F)(F)Oc1cncc(N2C(=O)C(C)(C)c3cc(C(=O)CC4(C)CCS(=O)(=O)CC4)ccc32)c1. The number of halogens is 2. The number of nitrogens with zero attached hydrogens (tertiary/aromatic N) is 2. The number of ketones is 1. The average molecular weight is 521 g/mol. The Labute approximate surface area is 209 Å². The summed E-state index contributed by atoms with van der Waals surface area (Å²) >= 11 is 0. The van der Waals surface area contributed by atoms with Crippen LogP contribution in [0.15, 0.2) is 36.7 Å². The first-order chi connectivity index (χ1) is 16.7. The van der Waals surface area contributed by atoms with Crippen molar-refractivity contribution in [3.63, 3.8) is 0 Å². The van der Waals surface area contributed by atoms with Crippen LogP contribution in [0.2, 0.25) is 0 Å². The van der Waals surface area contributed by atoms with E-state index in [4.69, 9.17) is 4.74 Å². The second-order valence-electron chi connectivity index (χ2n) is 10.5. The highest BCUT2D eigenvalue weighted by Crippen LogP contribution is 2.46. The van der Waals surface area contributed by atoms with Gasteiger partial charge in [-0.15, -0.1) is 0 Å². The van der Waals surface area contributed by atoms with E-state index in [0.29, 0.717) is 29.7 Å². The Morgan fingerprint density at radius 2 is 1.81 bits per heavy atom. The van der Waals surface area contributed by atoms with Gasteiger partial charge in [0.2, 0.25) is 5.91 Å². The fraction of sp³-hybridized carbons (Fsp3) is 0.500. The van der Waals surface area contributed by atoms with Crippen molar-refractivity contribution in [2.75, 3.05) is 16.4 Å².